The normalized spacial score (nSPS) is 11.1. The van der Waals surface area contributed by atoms with E-state index < -0.39 is 21.5 Å². The molecule has 3 N–H and O–H groups in total. The third kappa shape index (κ3) is 2.86. The van der Waals surface area contributed by atoms with Gasteiger partial charge < -0.3 is 11.1 Å². The van der Waals surface area contributed by atoms with Crippen molar-refractivity contribution >= 4 is 33.0 Å². The minimum absolute atomic E-state index is 0.0771. The molecule has 16 heavy (non-hydrogen) atoms. The van der Waals surface area contributed by atoms with Gasteiger partial charge in [0.2, 0.25) is 5.91 Å². The number of halogens is 1. The van der Waals surface area contributed by atoms with Crippen LogP contribution in [-0.4, -0.2) is 27.1 Å². The smallest absolute Gasteiger partial charge is 0.235 e. The predicted octanol–water partition coefficient (Wildman–Crippen LogP) is 0.442. The first kappa shape index (κ1) is 12.8. The molecule has 0 radical (unpaired) electrons. The summed E-state index contributed by atoms with van der Waals surface area (Å²) in [7, 11) is -2.39. The molecule has 0 fully saturated rings. The third-order valence-corrected chi connectivity index (χ3v) is 3.81. The molecule has 0 heterocycles. The van der Waals surface area contributed by atoms with E-state index in [0.29, 0.717) is 0 Å². The first-order valence-corrected chi connectivity index (χ1v) is 6.38. The molecular formula is C9H11ClN2O3S. The van der Waals surface area contributed by atoms with Crippen molar-refractivity contribution in [2.45, 2.75) is 4.90 Å². The molecule has 5 nitrogen and oxygen atoms in total. The van der Waals surface area contributed by atoms with Gasteiger partial charge in [-0.15, -0.1) is 0 Å². The van der Waals surface area contributed by atoms with Crippen LogP contribution in [0.4, 0.5) is 5.69 Å². The Labute approximate surface area is 98.5 Å². The minimum atomic E-state index is -3.75. The highest BCUT2D eigenvalue weighted by Gasteiger charge is 2.21. The van der Waals surface area contributed by atoms with Gasteiger partial charge in [-0.2, -0.15) is 0 Å². The van der Waals surface area contributed by atoms with E-state index >= 15 is 0 Å². The monoisotopic (exact) mass is 262 g/mol. The maximum Gasteiger partial charge on any atom is 0.235 e. The summed E-state index contributed by atoms with van der Waals surface area (Å²) in [4.78, 5) is 10.9. The molecular weight excluding hydrogens is 252 g/mol. The summed E-state index contributed by atoms with van der Waals surface area (Å²) in [5.41, 5.74) is 5.60. The van der Waals surface area contributed by atoms with Gasteiger partial charge in [-0.1, -0.05) is 11.6 Å². The fourth-order valence-electron chi connectivity index (χ4n) is 1.10. The highest BCUT2D eigenvalue weighted by atomic mass is 35.5. The molecule has 0 saturated carbocycles. The number of nitrogen functional groups attached to an aromatic ring is 1. The van der Waals surface area contributed by atoms with E-state index in [1.807, 2.05) is 0 Å². The van der Waals surface area contributed by atoms with E-state index in [0.717, 1.165) is 0 Å². The molecule has 1 rings (SSSR count). The van der Waals surface area contributed by atoms with Gasteiger partial charge in [0, 0.05) is 12.1 Å². The lowest BCUT2D eigenvalue weighted by molar-refractivity contribution is -0.118. The molecule has 1 aromatic carbocycles. The van der Waals surface area contributed by atoms with Crippen LogP contribution in [0.1, 0.15) is 0 Å². The first-order valence-electron chi connectivity index (χ1n) is 4.35. The van der Waals surface area contributed by atoms with E-state index in [1.165, 1.54) is 25.2 Å². The van der Waals surface area contributed by atoms with Crippen LogP contribution >= 0.6 is 11.6 Å². The highest BCUT2D eigenvalue weighted by Crippen LogP contribution is 2.23. The highest BCUT2D eigenvalue weighted by molar-refractivity contribution is 7.92. The van der Waals surface area contributed by atoms with Crippen LogP contribution in [0.25, 0.3) is 0 Å². The van der Waals surface area contributed by atoms with Crippen molar-refractivity contribution in [1.82, 2.24) is 5.32 Å². The lowest BCUT2D eigenvalue weighted by Gasteiger charge is -2.07. The zero-order valence-corrected chi connectivity index (χ0v) is 10.1. The predicted molar refractivity (Wildman–Crippen MR) is 62.0 cm³/mol. The molecule has 0 aliphatic rings. The molecule has 1 amide bonds. The number of sulfone groups is 1. The van der Waals surface area contributed by atoms with Gasteiger partial charge in [0.15, 0.2) is 9.84 Å². The van der Waals surface area contributed by atoms with Crippen LogP contribution in [0, 0.1) is 0 Å². The Morgan fingerprint density at radius 2 is 2.12 bits per heavy atom. The fraction of sp³-hybridized carbons (Fsp3) is 0.222. The van der Waals surface area contributed by atoms with Crippen molar-refractivity contribution in [2.24, 2.45) is 0 Å². The minimum Gasteiger partial charge on any atom is -0.398 e. The van der Waals surface area contributed by atoms with Gasteiger partial charge in [-0.05, 0) is 18.2 Å². The van der Waals surface area contributed by atoms with Crippen molar-refractivity contribution in [3.8, 4) is 0 Å². The van der Waals surface area contributed by atoms with Gasteiger partial charge in [0.25, 0.3) is 0 Å². The van der Waals surface area contributed by atoms with E-state index in [1.54, 1.807) is 0 Å². The van der Waals surface area contributed by atoms with Crippen LogP contribution in [0.3, 0.4) is 0 Å². The number of rotatable bonds is 3. The van der Waals surface area contributed by atoms with E-state index in [4.69, 9.17) is 17.3 Å². The molecule has 0 atom stereocenters. The molecule has 0 aliphatic carbocycles. The average Bonchev–Trinajstić information content (AvgIpc) is 2.20. The summed E-state index contributed by atoms with van der Waals surface area (Å²) < 4.78 is 23.6. The number of carbonyl (C=O) groups excluding carboxylic acids is 1. The van der Waals surface area contributed by atoms with E-state index in [-0.39, 0.29) is 15.6 Å². The second-order valence-corrected chi connectivity index (χ2v) is 5.51. The van der Waals surface area contributed by atoms with Crippen molar-refractivity contribution in [3.05, 3.63) is 23.2 Å². The number of hydrogen-bond donors (Lipinski definition) is 2. The van der Waals surface area contributed by atoms with Crippen molar-refractivity contribution in [3.63, 3.8) is 0 Å². The second kappa shape index (κ2) is 4.71. The maximum absolute atomic E-state index is 11.8. The number of nitrogens with two attached hydrogens (primary N) is 1. The Bertz CT molecular complexity index is 513. The quantitative estimate of drug-likeness (QED) is 0.774. The third-order valence-electron chi connectivity index (χ3n) is 1.91. The molecule has 7 heteroatoms. The number of anilines is 1. The van der Waals surface area contributed by atoms with Crippen LogP contribution in [-0.2, 0) is 14.6 Å². The standard InChI is InChI=1S/C9H11ClN2O3S/c1-12-9(13)5-16(14,15)8-4-6(10)2-3-7(8)11/h2-4H,5,11H2,1H3,(H,12,13). The second-order valence-electron chi connectivity index (χ2n) is 3.11. The number of benzene rings is 1. The molecule has 0 unspecified atom stereocenters. The molecule has 0 saturated heterocycles. The number of amides is 1. The van der Waals surface area contributed by atoms with Crippen molar-refractivity contribution in [2.75, 3.05) is 18.5 Å². The Balaban J connectivity index is 3.17. The first-order chi connectivity index (χ1) is 7.36. The summed E-state index contributed by atoms with van der Waals surface area (Å²) in [6.07, 6.45) is 0. The van der Waals surface area contributed by atoms with Crippen LogP contribution < -0.4 is 11.1 Å². The Morgan fingerprint density at radius 1 is 1.50 bits per heavy atom. The van der Waals surface area contributed by atoms with Crippen LogP contribution in [0.15, 0.2) is 23.1 Å². The Kier molecular flexibility index (Phi) is 3.77. The summed E-state index contributed by atoms with van der Waals surface area (Å²) in [5.74, 6) is -1.24. The van der Waals surface area contributed by atoms with Crippen molar-refractivity contribution in [1.29, 1.82) is 0 Å². The zero-order valence-electron chi connectivity index (χ0n) is 8.53. The summed E-state index contributed by atoms with van der Waals surface area (Å²) in [5, 5.41) is 2.49. The summed E-state index contributed by atoms with van der Waals surface area (Å²) in [6, 6.07) is 4.10. The zero-order chi connectivity index (χ0) is 12.3. The molecule has 1 aromatic rings. The molecule has 0 aromatic heterocycles. The van der Waals surface area contributed by atoms with Gasteiger partial charge in [-0.3, -0.25) is 4.79 Å². The SMILES string of the molecule is CNC(=O)CS(=O)(=O)c1cc(Cl)ccc1N. The Hall–Kier alpha value is -1.27. The van der Waals surface area contributed by atoms with E-state index in [9.17, 15) is 13.2 Å². The number of carbonyl (C=O) groups is 1. The van der Waals surface area contributed by atoms with Crippen LogP contribution in [0.5, 0.6) is 0 Å². The van der Waals surface area contributed by atoms with Gasteiger partial charge in [0.1, 0.15) is 5.75 Å². The fourth-order valence-corrected chi connectivity index (χ4v) is 2.72. The summed E-state index contributed by atoms with van der Waals surface area (Å²) >= 11 is 5.67. The topological polar surface area (TPSA) is 89.3 Å². The Morgan fingerprint density at radius 3 is 2.69 bits per heavy atom. The molecule has 88 valence electrons. The lowest BCUT2D eigenvalue weighted by atomic mass is 10.3. The molecule has 0 aliphatic heterocycles. The molecule has 0 spiro atoms. The van der Waals surface area contributed by atoms with Crippen LogP contribution in [0.2, 0.25) is 5.02 Å². The number of hydrogen-bond acceptors (Lipinski definition) is 4. The molecule has 0 bridgehead atoms. The van der Waals surface area contributed by atoms with Gasteiger partial charge >= 0.3 is 0 Å². The lowest BCUT2D eigenvalue weighted by Crippen LogP contribution is -2.27. The number of nitrogens with one attached hydrogen (secondary N) is 1. The average molecular weight is 263 g/mol. The van der Waals surface area contributed by atoms with Gasteiger partial charge in [-0.25, -0.2) is 8.42 Å². The van der Waals surface area contributed by atoms with E-state index in [2.05, 4.69) is 5.32 Å². The maximum atomic E-state index is 11.8. The summed E-state index contributed by atoms with van der Waals surface area (Å²) in [6.45, 7) is 0. The largest absolute Gasteiger partial charge is 0.398 e. The van der Waals surface area contributed by atoms with Crippen molar-refractivity contribution < 1.29 is 13.2 Å². The van der Waals surface area contributed by atoms with Gasteiger partial charge in [0.05, 0.1) is 10.6 Å².